The Kier molecular flexibility index (Phi) is 4.69. The van der Waals surface area contributed by atoms with Gasteiger partial charge < -0.3 is 10.6 Å². The number of alkyl halides is 3. The molecule has 0 fully saturated rings. The average Bonchev–Trinajstić information content (AvgIpc) is 2.81. The third-order valence-corrected chi connectivity index (χ3v) is 2.78. The summed E-state index contributed by atoms with van der Waals surface area (Å²) in [6.45, 7) is 0. The van der Waals surface area contributed by atoms with Crippen LogP contribution in [0.4, 0.5) is 30.2 Å². The molecule has 0 radical (unpaired) electrons. The number of amides is 1. The van der Waals surface area contributed by atoms with Gasteiger partial charge in [-0.1, -0.05) is 6.07 Å². The first-order valence-corrected chi connectivity index (χ1v) is 6.54. The summed E-state index contributed by atoms with van der Waals surface area (Å²) in [7, 11) is 1.78. The molecule has 1 heterocycles. The predicted octanol–water partition coefficient (Wildman–Crippen LogP) is 3.44. The largest absolute Gasteiger partial charge is 0.389 e. The van der Waals surface area contributed by atoms with Gasteiger partial charge in [0.05, 0.1) is 18.3 Å². The minimum absolute atomic E-state index is 0.432. The summed E-state index contributed by atoms with van der Waals surface area (Å²) in [4.78, 5) is 11.5. The van der Waals surface area contributed by atoms with Crippen molar-refractivity contribution in [2.24, 2.45) is 7.05 Å². The van der Waals surface area contributed by atoms with Crippen molar-refractivity contribution in [2.75, 3.05) is 10.6 Å². The Hall–Kier alpha value is -2.51. The first-order chi connectivity index (χ1) is 10.3. The van der Waals surface area contributed by atoms with Crippen LogP contribution >= 0.6 is 0 Å². The van der Waals surface area contributed by atoms with Crippen LogP contribution in [0.5, 0.6) is 0 Å². The van der Waals surface area contributed by atoms with Gasteiger partial charge in [0, 0.05) is 31.0 Å². The lowest BCUT2D eigenvalue weighted by Crippen LogP contribution is -2.16. The molecule has 0 aliphatic carbocycles. The summed E-state index contributed by atoms with van der Waals surface area (Å²) in [6.07, 6.45) is -2.65. The number of benzene rings is 1. The number of hydrogen-bond donors (Lipinski definition) is 2. The van der Waals surface area contributed by atoms with Crippen molar-refractivity contribution in [2.45, 2.75) is 19.0 Å². The van der Waals surface area contributed by atoms with E-state index in [1.807, 2.05) is 0 Å². The van der Waals surface area contributed by atoms with Gasteiger partial charge in [0.2, 0.25) is 5.91 Å². The normalized spacial score (nSPS) is 11.3. The average molecular weight is 312 g/mol. The van der Waals surface area contributed by atoms with Crippen molar-refractivity contribution in [3.63, 3.8) is 0 Å². The van der Waals surface area contributed by atoms with E-state index < -0.39 is 24.9 Å². The minimum Gasteiger partial charge on any atom is -0.353 e. The Bertz CT molecular complexity index is 652. The molecule has 2 aromatic rings. The van der Waals surface area contributed by atoms with E-state index in [0.29, 0.717) is 11.4 Å². The van der Waals surface area contributed by atoms with Gasteiger partial charge in [0.25, 0.3) is 0 Å². The molecule has 0 atom stereocenters. The van der Waals surface area contributed by atoms with Gasteiger partial charge in [0.1, 0.15) is 0 Å². The number of nitrogens with one attached hydrogen (secondary N) is 2. The number of anilines is 3. The minimum atomic E-state index is -4.33. The van der Waals surface area contributed by atoms with Crippen LogP contribution < -0.4 is 10.6 Å². The van der Waals surface area contributed by atoms with Gasteiger partial charge in [-0.2, -0.15) is 18.3 Å². The fourth-order valence-corrected chi connectivity index (χ4v) is 1.81. The number of hydrogen-bond acceptors (Lipinski definition) is 3. The van der Waals surface area contributed by atoms with Crippen molar-refractivity contribution in [3.05, 3.63) is 36.7 Å². The van der Waals surface area contributed by atoms with Gasteiger partial charge in [-0.25, -0.2) is 0 Å². The summed E-state index contributed by atoms with van der Waals surface area (Å²) >= 11 is 0. The monoisotopic (exact) mass is 312 g/mol. The fraction of sp³-hybridized carbons (Fsp3) is 0.286. The number of carbonyl (C=O) groups excluding carboxylic acids is 1. The second-order valence-corrected chi connectivity index (χ2v) is 4.77. The lowest BCUT2D eigenvalue weighted by Gasteiger charge is -2.09. The highest BCUT2D eigenvalue weighted by Gasteiger charge is 2.27. The lowest BCUT2D eigenvalue weighted by atomic mass is 10.2. The molecule has 1 aromatic carbocycles. The molecule has 0 aliphatic heterocycles. The maximum atomic E-state index is 12.1. The molecule has 5 nitrogen and oxygen atoms in total. The molecule has 0 saturated heterocycles. The summed E-state index contributed by atoms with van der Waals surface area (Å²) in [5.74, 6) is -0.671. The van der Waals surface area contributed by atoms with Gasteiger partial charge in [0.15, 0.2) is 0 Å². The van der Waals surface area contributed by atoms with E-state index in [-0.39, 0.29) is 0 Å². The molecular formula is C14H15F3N4O. The smallest absolute Gasteiger partial charge is 0.353 e. The summed E-state index contributed by atoms with van der Waals surface area (Å²) in [5.41, 5.74) is 1.89. The van der Waals surface area contributed by atoms with E-state index in [2.05, 4.69) is 15.7 Å². The molecule has 8 heteroatoms. The second-order valence-electron chi connectivity index (χ2n) is 4.77. The molecule has 118 valence electrons. The van der Waals surface area contributed by atoms with Gasteiger partial charge in [-0.3, -0.25) is 9.48 Å². The molecule has 1 amide bonds. The van der Waals surface area contributed by atoms with Gasteiger partial charge >= 0.3 is 6.18 Å². The van der Waals surface area contributed by atoms with E-state index in [1.165, 1.54) is 0 Å². The Morgan fingerprint density at radius 1 is 1.27 bits per heavy atom. The maximum Gasteiger partial charge on any atom is 0.389 e. The Morgan fingerprint density at radius 2 is 2.00 bits per heavy atom. The highest BCUT2D eigenvalue weighted by atomic mass is 19.4. The molecular weight excluding hydrogens is 297 g/mol. The number of rotatable bonds is 5. The first kappa shape index (κ1) is 15.9. The lowest BCUT2D eigenvalue weighted by molar-refractivity contribution is -0.142. The maximum absolute atomic E-state index is 12.1. The molecule has 0 unspecified atom stereocenters. The second kappa shape index (κ2) is 6.50. The van der Waals surface area contributed by atoms with Crippen LogP contribution in [0.3, 0.4) is 0 Å². The number of nitrogens with zero attached hydrogens (tertiary/aromatic N) is 2. The summed E-state index contributed by atoms with van der Waals surface area (Å²) < 4.78 is 37.8. The van der Waals surface area contributed by atoms with Crippen molar-refractivity contribution < 1.29 is 18.0 Å². The number of carbonyl (C=O) groups is 1. The molecule has 2 N–H and O–H groups in total. The van der Waals surface area contributed by atoms with Crippen LogP contribution in [0.2, 0.25) is 0 Å². The quantitative estimate of drug-likeness (QED) is 0.889. The van der Waals surface area contributed by atoms with E-state index in [0.717, 1.165) is 5.69 Å². The van der Waals surface area contributed by atoms with Crippen molar-refractivity contribution >= 4 is 23.0 Å². The standard InChI is InChI=1S/C14H15F3N4O/c1-21-9-12(8-18-21)19-10-3-2-4-11(7-10)20-13(22)5-6-14(15,16)17/h2-4,7-9,19H,5-6H2,1H3,(H,20,22). The molecule has 22 heavy (non-hydrogen) atoms. The summed E-state index contributed by atoms with van der Waals surface area (Å²) in [6, 6.07) is 6.72. The van der Waals surface area contributed by atoms with Crippen LogP contribution in [0.1, 0.15) is 12.8 Å². The van der Waals surface area contributed by atoms with E-state index >= 15 is 0 Å². The van der Waals surface area contributed by atoms with Crippen LogP contribution in [-0.2, 0) is 11.8 Å². The third-order valence-electron chi connectivity index (χ3n) is 2.78. The van der Waals surface area contributed by atoms with E-state index in [9.17, 15) is 18.0 Å². The topological polar surface area (TPSA) is 59.0 Å². The van der Waals surface area contributed by atoms with Gasteiger partial charge in [-0.05, 0) is 18.2 Å². The zero-order valence-corrected chi connectivity index (χ0v) is 11.8. The van der Waals surface area contributed by atoms with Crippen LogP contribution in [0, 0.1) is 0 Å². The fourth-order valence-electron chi connectivity index (χ4n) is 1.81. The third kappa shape index (κ3) is 5.12. The number of halogens is 3. The molecule has 0 spiro atoms. The van der Waals surface area contributed by atoms with Crippen molar-refractivity contribution in [3.8, 4) is 0 Å². The number of aryl methyl sites for hydroxylation is 1. The zero-order valence-electron chi connectivity index (χ0n) is 11.8. The highest BCUT2D eigenvalue weighted by Crippen LogP contribution is 2.23. The van der Waals surface area contributed by atoms with Gasteiger partial charge in [-0.15, -0.1) is 0 Å². The highest BCUT2D eigenvalue weighted by molar-refractivity contribution is 5.91. The molecule has 0 saturated carbocycles. The van der Waals surface area contributed by atoms with Crippen molar-refractivity contribution in [1.82, 2.24) is 9.78 Å². The Balaban J connectivity index is 1.95. The zero-order chi connectivity index (χ0) is 16.2. The van der Waals surface area contributed by atoms with E-state index in [1.54, 1.807) is 48.4 Å². The molecule has 1 aromatic heterocycles. The van der Waals surface area contributed by atoms with Crippen LogP contribution in [0.15, 0.2) is 36.7 Å². The first-order valence-electron chi connectivity index (χ1n) is 6.54. The van der Waals surface area contributed by atoms with Crippen LogP contribution in [0.25, 0.3) is 0 Å². The summed E-state index contributed by atoms with van der Waals surface area (Å²) in [5, 5.41) is 9.53. The predicted molar refractivity (Wildman–Crippen MR) is 76.9 cm³/mol. The molecule has 2 rings (SSSR count). The number of aromatic nitrogens is 2. The Morgan fingerprint density at radius 3 is 2.64 bits per heavy atom. The SMILES string of the molecule is Cn1cc(Nc2cccc(NC(=O)CCC(F)(F)F)c2)cn1. The Labute approximate surface area is 125 Å². The molecule has 0 aliphatic rings. The van der Waals surface area contributed by atoms with Crippen LogP contribution in [-0.4, -0.2) is 21.9 Å². The van der Waals surface area contributed by atoms with Crippen molar-refractivity contribution in [1.29, 1.82) is 0 Å². The van der Waals surface area contributed by atoms with E-state index in [4.69, 9.17) is 0 Å². The molecule has 0 bridgehead atoms.